The van der Waals surface area contributed by atoms with E-state index >= 15 is 0 Å². The van der Waals surface area contributed by atoms with Gasteiger partial charge in [0.1, 0.15) is 0 Å². The number of allylic oxidation sites excluding steroid dienone is 4. The van der Waals surface area contributed by atoms with Crippen LogP contribution in [0.1, 0.15) is 90.4 Å². The second kappa shape index (κ2) is 21.4. The maximum atomic E-state index is 5.46. The molecular formula is C21H42N2. The van der Waals surface area contributed by atoms with Gasteiger partial charge in [-0.25, -0.2) is 0 Å². The number of nitrogens with one attached hydrogen (secondary N) is 1. The molecule has 0 unspecified atom stereocenters. The van der Waals surface area contributed by atoms with Crippen molar-refractivity contribution in [3.63, 3.8) is 0 Å². The minimum atomic E-state index is 0.802. The standard InChI is InChI=1S/C21H42N2/c1-2-3-4-5-6-7-8-9-10-11-12-13-14-15-16-17-20-23-21-18-19-22/h6-7,9-10,23H,2-5,8,11-22H2,1H3. The van der Waals surface area contributed by atoms with Gasteiger partial charge in [-0.3, -0.25) is 0 Å². The molecule has 136 valence electrons. The van der Waals surface area contributed by atoms with Crippen LogP contribution >= 0.6 is 0 Å². The maximum absolute atomic E-state index is 5.46. The van der Waals surface area contributed by atoms with Crippen molar-refractivity contribution >= 4 is 0 Å². The lowest BCUT2D eigenvalue weighted by molar-refractivity contribution is 0.562. The highest BCUT2D eigenvalue weighted by Crippen LogP contribution is 2.07. The Morgan fingerprint density at radius 3 is 1.87 bits per heavy atom. The van der Waals surface area contributed by atoms with Crippen LogP contribution in [0, 0.1) is 0 Å². The molecule has 0 atom stereocenters. The van der Waals surface area contributed by atoms with Gasteiger partial charge in [0.15, 0.2) is 0 Å². The lowest BCUT2D eigenvalue weighted by Gasteiger charge is -2.03. The molecule has 3 N–H and O–H groups in total. The Bertz CT molecular complexity index is 259. The summed E-state index contributed by atoms with van der Waals surface area (Å²) in [6.45, 7) is 5.30. The first kappa shape index (κ1) is 22.4. The van der Waals surface area contributed by atoms with Crippen LogP contribution in [-0.2, 0) is 0 Å². The Balaban J connectivity index is 3.10. The van der Waals surface area contributed by atoms with Gasteiger partial charge in [-0.15, -0.1) is 0 Å². The zero-order chi connectivity index (χ0) is 16.8. The maximum Gasteiger partial charge on any atom is -0.00369 e. The Labute approximate surface area is 146 Å². The van der Waals surface area contributed by atoms with Crippen molar-refractivity contribution in [1.29, 1.82) is 0 Å². The van der Waals surface area contributed by atoms with Crippen LogP contribution in [0.25, 0.3) is 0 Å². The number of hydrogen-bond acceptors (Lipinski definition) is 2. The Morgan fingerprint density at radius 1 is 0.652 bits per heavy atom. The first-order valence-corrected chi connectivity index (χ1v) is 10.1. The summed E-state index contributed by atoms with van der Waals surface area (Å²) in [6, 6.07) is 0. The van der Waals surface area contributed by atoms with Crippen molar-refractivity contribution in [3.05, 3.63) is 24.3 Å². The molecule has 0 saturated carbocycles. The van der Waals surface area contributed by atoms with E-state index in [9.17, 15) is 0 Å². The van der Waals surface area contributed by atoms with E-state index in [0.717, 1.165) is 32.5 Å². The predicted molar refractivity (Wildman–Crippen MR) is 106 cm³/mol. The minimum Gasteiger partial charge on any atom is -0.330 e. The molecule has 0 spiro atoms. The summed E-state index contributed by atoms with van der Waals surface area (Å²) in [5, 5.41) is 3.44. The lowest BCUT2D eigenvalue weighted by Crippen LogP contribution is -2.19. The molecule has 0 aromatic carbocycles. The summed E-state index contributed by atoms with van der Waals surface area (Å²) in [4.78, 5) is 0. The molecule has 0 fully saturated rings. The summed E-state index contributed by atoms with van der Waals surface area (Å²) >= 11 is 0. The molecular weight excluding hydrogens is 280 g/mol. The minimum absolute atomic E-state index is 0.802. The SMILES string of the molecule is CCCCCC=CCC=CCCCCCCCCNCCCN. The molecule has 0 aliphatic heterocycles. The highest BCUT2D eigenvalue weighted by Gasteiger charge is 1.91. The van der Waals surface area contributed by atoms with Crippen molar-refractivity contribution in [2.24, 2.45) is 5.73 Å². The van der Waals surface area contributed by atoms with E-state index in [1.54, 1.807) is 0 Å². The Morgan fingerprint density at radius 2 is 1.22 bits per heavy atom. The number of hydrogen-bond donors (Lipinski definition) is 2. The van der Waals surface area contributed by atoms with Gasteiger partial charge in [-0.2, -0.15) is 0 Å². The third-order valence-corrected chi connectivity index (χ3v) is 4.11. The molecule has 0 rings (SSSR count). The second-order valence-corrected chi connectivity index (χ2v) is 6.48. The topological polar surface area (TPSA) is 38.0 Å². The fourth-order valence-corrected chi connectivity index (χ4v) is 2.59. The summed E-state index contributed by atoms with van der Waals surface area (Å²) in [5.41, 5.74) is 5.46. The van der Waals surface area contributed by atoms with Crippen LogP contribution in [0.3, 0.4) is 0 Å². The van der Waals surface area contributed by atoms with Gasteiger partial charge >= 0.3 is 0 Å². The quantitative estimate of drug-likeness (QED) is 0.249. The highest BCUT2D eigenvalue weighted by molar-refractivity contribution is 4.92. The van der Waals surface area contributed by atoms with Crippen molar-refractivity contribution in [1.82, 2.24) is 5.32 Å². The molecule has 0 heterocycles. The Hall–Kier alpha value is -0.600. The van der Waals surface area contributed by atoms with Crippen molar-refractivity contribution in [2.45, 2.75) is 90.4 Å². The van der Waals surface area contributed by atoms with Crippen LogP contribution in [0.5, 0.6) is 0 Å². The van der Waals surface area contributed by atoms with Crippen molar-refractivity contribution in [3.8, 4) is 0 Å². The van der Waals surface area contributed by atoms with Gasteiger partial charge in [0.05, 0.1) is 0 Å². The molecule has 0 aromatic heterocycles. The normalized spacial score (nSPS) is 11.9. The molecule has 0 aliphatic carbocycles. The largest absolute Gasteiger partial charge is 0.330 e. The van der Waals surface area contributed by atoms with Crippen molar-refractivity contribution in [2.75, 3.05) is 19.6 Å². The number of rotatable bonds is 18. The van der Waals surface area contributed by atoms with Gasteiger partial charge < -0.3 is 11.1 Å². The molecule has 23 heavy (non-hydrogen) atoms. The van der Waals surface area contributed by atoms with Gasteiger partial charge in [-0.05, 0) is 64.6 Å². The fraction of sp³-hybridized carbons (Fsp3) is 0.810. The van der Waals surface area contributed by atoms with Crippen LogP contribution in [0.4, 0.5) is 0 Å². The van der Waals surface area contributed by atoms with Gasteiger partial charge in [0.25, 0.3) is 0 Å². The third kappa shape index (κ3) is 21.4. The van der Waals surface area contributed by atoms with E-state index in [1.165, 1.54) is 70.6 Å². The molecule has 0 aliphatic rings. The smallest absolute Gasteiger partial charge is 0.00369 e. The summed E-state index contributed by atoms with van der Waals surface area (Å²) < 4.78 is 0. The van der Waals surface area contributed by atoms with Crippen LogP contribution in [0.2, 0.25) is 0 Å². The fourth-order valence-electron chi connectivity index (χ4n) is 2.59. The summed E-state index contributed by atoms with van der Waals surface area (Å²) in [5.74, 6) is 0. The first-order valence-electron chi connectivity index (χ1n) is 10.1. The third-order valence-electron chi connectivity index (χ3n) is 4.11. The van der Waals surface area contributed by atoms with Gasteiger partial charge in [0.2, 0.25) is 0 Å². The highest BCUT2D eigenvalue weighted by atomic mass is 14.8. The second-order valence-electron chi connectivity index (χ2n) is 6.48. The van der Waals surface area contributed by atoms with E-state index in [4.69, 9.17) is 5.73 Å². The predicted octanol–water partition coefficient (Wildman–Crippen LogP) is 5.74. The monoisotopic (exact) mass is 322 g/mol. The summed E-state index contributed by atoms with van der Waals surface area (Å²) in [6.07, 6.45) is 26.3. The van der Waals surface area contributed by atoms with Crippen LogP contribution in [-0.4, -0.2) is 19.6 Å². The summed E-state index contributed by atoms with van der Waals surface area (Å²) in [7, 11) is 0. The Kier molecular flexibility index (Phi) is 20.8. The lowest BCUT2D eigenvalue weighted by atomic mass is 10.1. The molecule has 0 aromatic rings. The van der Waals surface area contributed by atoms with Gasteiger partial charge in [-0.1, -0.05) is 69.8 Å². The average Bonchev–Trinajstić information content (AvgIpc) is 2.57. The molecule has 0 saturated heterocycles. The molecule has 0 bridgehead atoms. The first-order chi connectivity index (χ1) is 11.4. The molecule has 0 amide bonds. The molecule has 0 radical (unpaired) electrons. The van der Waals surface area contributed by atoms with E-state index in [2.05, 4.69) is 36.5 Å². The average molecular weight is 323 g/mol. The molecule has 2 heteroatoms. The number of nitrogens with two attached hydrogens (primary N) is 1. The van der Waals surface area contributed by atoms with E-state index in [-0.39, 0.29) is 0 Å². The molecule has 2 nitrogen and oxygen atoms in total. The van der Waals surface area contributed by atoms with Crippen LogP contribution in [0.15, 0.2) is 24.3 Å². The van der Waals surface area contributed by atoms with E-state index in [0.29, 0.717) is 0 Å². The van der Waals surface area contributed by atoms with Crippen molar-refractivity contribution < 1.29 is 0 Å². The van der Waals surface area contributed by atoms with E-state index in [1.807, 2.05) is 0 Å². The number of unbranched alkanes of at least 4 members (excludes halogenated alkanes) is 9. The van der Waals surface area contributed by atoms with E-state index < -0.39 is 0 Å². The van der Waals surface area contributed by atoms with Crippen LogP contribution < -0.4 is 11.1 Å². The zero-order valence-corrected chi connectivity index (χ0v) is 15.7. The van der Waals surface area contributed by atoms with Gasteiger partial charge in [0, 0.05) is 0 Å². The zero-order valence-electron chi connectivity index (χ0n) is 15.7.